The van der Waals surface area contributed by atoms with Gasteiger partial charge in [0, 0.05) is 5.92 Å². The van der Waals surface area contributed by atoms with Crippen molar-refractivity contribution >= 4 is 0 Å². The van der Waals surface area contributed by atoms with Gasteiger partial charge in [0.2, 0.25) is 0 Å². The third kappa shape index (κ3) is 1.91. The predicted molar refractivity (Wildman–Crippen MR) is 44.5 cm³/mol. The standard InChI is InChI=1S/C10H8F3/c1-3-6(2)7-4-8(11)10(13)9(12)5-7/h3-5H,1H2,2H3. The minimum Gasteiger partial charge on any atom is -0.204 e. The van der Waals surface area contributed by atoms with Crippen LogP contribution in [0.2, 0.25) is 0 Å². The van der Waals surface area contributed by atoms with Crippen molar-refractivity contribution in [1.82, 2.24) is 0 Å². The molecule has 0 aromatic heterocycles. The van der Waals surface area contributed by atoms with Crippen LogP contribution in [-0.2, 0) is 0 Å². The molecule has 0 nitrogen and oxygen atoms in total. The number of halogens is 3. The highest BCUT2D eigenvalue weighted by atomic mass is 19.2. The van der Waals surface area contributed by atoms with Crippen LogP contribution in [0.5, 0.6) is 0 Å². The molecule has 1 radical (unpaired) electrons. The molecule has 0 aliphatic rings. The fourth-order valence-electron chi connectivity index (χ4n) is 0.901. The smallest absolute Gasteiger partial charge is 0.194 e. The van der Waals surface area contributed by atoms with Crippen LogP contribution in [0.1, 0.15) is 12.5 Å². The first kappa shape index (κ1) is 9.84. The number of benzene rings is 1. The molecule has 0 spiro atoms. The summed E-state index contributed by atoms with van der Waals surface area (Å²) in [6, 6.07) is 1.88. The Morgan fingerprint density at radius 2 is 1.69 bits per heavy atom. The largest absolute Gasteiger partial charge is 0.204 e. The second-order valence-electron chi connectivity index (χ2n) is 2.64. The molecular formula is C10H8F3. The van der Waals surface area contributed by atoms with Gasteiger partial charge in [0.25, 0.3) is 0 Å². The fraction of sp³-hybridized carbons (Fsp3) is 0.100. The van der Waals surface area contributed by atoms with E-state index in [4.69, 9.17) is 0 Å². The Balaban J connectivity index is 3.20. The van der Waals surface area contributed by atoms with Crippen LogP contribution in [0.4, 0.5) is 13.2 Å². The zero-order valence-corrected chi connectivity index (χ0v) is 7.07. The van der Waals surface area contributed by atoms with Gasteiger partial charge in [0.15, 0.2) is 17.5 Å². The van der Waals surface area contributed by atoms with Gasteiger partial charge < -0.3 is 0 Å². The SMILES string of the molecule is C=C[C](C)c1cc(F)c(F)c(F)c1. The minimum atomic E-state index is -1.44. The van der Waals surface area contributed by atoms with Gasteiger partial charge in [-0.15, -0.1) is 6.58 Å². The highest BCUT2D eigenvalue weighted by molar-refractivity contribution is 5.36. The zero-order chi connectivity index (χ0) is 10.0. The van der Waals surface area contributed by atoms with Gasteiger partial charge in [0.1, 0.15) is 0 Å². The second-order valence-corrected chi connectivity index (χ2v) is 2.64. The lowest BCUT2D eigenvalue weighted by Gasteiger charge is -2.06. The van der Waals surface area contributed by atoms with E-state index in [1.54, 1.807) is 6.92 Å². The van der Waals surface area contributed by atoms with Gasteiger partial charge in [-0.3, -0.25) is 0 Å². The molecule has 3 heteroatoms. The molecule has 0 heterocycles. The third-order valence-electron chi connectivity index (χ3n) is 1.75. The van der Waals surface area contributed by atoms with Crippen LogP contribution < -0.4 is 0 Å². The number of hydrogen-bond acceptors (Lipinski definition) is 0. The summed E-state index contributed by atoms with van der Waals surface area (Å²) >= 11 is 0. The quantitative estimate of drug-likeness (QED) is 0.620. The van der Waals surface area contributed by atoms with Gasteiger partial charge in [0.05, 0.1) is 0 Å². The van der Waals surface area contributed by atoms with Crippen molar-refractivity contribution in [2.24, 2.45) is 0 Å². The normalized spacial score (nSPS) is 10.5. The van der Waals surface area contributed by atoms with E-state index in [1.807, 2.05) is 0 Å². The molecular weight excluding hydrogens is 177 g/mol. The maximum atomic E-state index is 12.7. The van der Waals surface area contributed by atoms with Crippen molar-refractivity contribution in [3.63, 3.8) is 0 Å². The Labute approximate surface area is 74.7 Å². The van der Waals surface area contributed by atoms with Crippen molar-refractivity contribution in [2.45, 2.75) is 6.92 Å². The summed E-state index contributed by atoms with van der Waals surface area (Å²) < 4.78 is 37.8. The number of allylic oxidation sites excluding steroid dienone is 1. The van der Waals surface area contributed by atoms with E-state index in [2.05, 4.69) is 6.58 Å². The molecule has 0 amide bonds. The van der Waals surface area contributed by atoms with E-state index in [-0.39, 0.29) is 0 Å². The van der Waals surface area contributed by atoms with Crippen molar-refractivity contribution in [3.05, 3.63) is 53.7 Å². The number of hydrogen-bond donors (Lipinski definition) is 0. The van der Waals surface area contributed by atoms with Gasteiger partial charge in [-0.25, -0.2) is 13.2 Å². The van der Waals surface area contributed by atoms with Crippen LogP contribution >= 0.6 is 0 Å². The van der Waals surface area contributed by atoms with Gasteiger partial charge in [-0.05, 0) is 17.7 Å². The zero-order valence-electron chi connectivity index (χ0n) is 7.07. The molecule has 0 atom stereocenters. The summed E-state index contributed by atoms with van der Waals surface area (Å²) in [6.07, 6.45) is 1.45. The average Bonchev–Trinajstić information content (AvgIpc) is 2.12. The second kappa shape index (κ2) is 3.64. The van der Waals surface area contributed by atoms with Crippen molar-refractivity contribution in [2.75, 3.05) is 0 Å². The Kier molecular flexibility index (Phi) is 2.76. The van der Waals surface area contributed by atoms with Crippen molar-refractivity contribution in [1.29, 1.82) is 0 Å². The average molecular weight is 185 g/mol. The monoisotopic (exact) mass is 185 g/mol. The van der Waals surface area contributed by atoms with Gasteiger partial charge >= 0.3 is 0 Å². The van der Waals surface area contributed by atoms with Crippen LogP contribution in [-0.4, -0.2) is 0 Å². The molecule has 1 rings (SSSR count). The van der Waals surface area contributed by atoms with Crippen LogP contribution in [0, 0.1) is 23.4 Å². The Bertz CT molecular complexity index is 308. The lowest BCUT2D eigenvalue weighted by Crippen LogP contribution is -1.97. The molecule has 1 aromatic rings. The van der Waals surface area contributed by atoms with Gasteiger partial charge in [-0.1, -0.05) is 13.0 Å². The molecule has 69 valence electrons. The highest BCUT2D eigenvalue weighted by Crippen LogP contribution is 2.20. The van der Waals surface area contributed by atoms with E-state index in [9.17, 15) is 13.2 Å². The van der Waals surface area contributed by atoms with Crippen LogP contribution in [0.15, 0.2) is 24.8 Å². The molecule has 13 heavy (non-hydrogen) atoms. The maximum Gasteiger partial charge on any atom is 0.194 e. The Morgan fingerprint density at radius 3 is 2.08 bits per heavy atom. The molecule has 1 aromatic carbocycles. The summed E-state index contributed by atoms with van der Waals surface area (Å²) in [5.41, 5.74) is 0.298. The van der Waals surface area contributed by atoms with Crippen LogP contribution in [0.3, 0.4) is 0 Å². The van der Waals surface area contributed by atoms with E-state index < -0.39 is 17.5 Å². The minimum absolute atomic E-state index is 0.298. The van der Waals surface area contributed by atoms with Gasteiger partial charge in [-0.2, -0.15) is 0 Å². The highest BCUT2D eigenvalue weighted by Gasteiger charge is 2.12. The number of rotatable bonds is 2. The van der Waals surface area contributed by atoms with Crippen molar-refractivity contribution < 1.29 is 13.2 Å². The maximum absolute atomic E-state index is 12.7. The Morgan fingerprint density at radius 1 is 1.23 bits per heavy atom. The molecule has 0 N–H and O–H groups in total. The lowest BCUT2D eigenvalue weighted by molar-refractivity contribution is 0.446. The molecule has 0 saturated carbocycles. The summed E-state index contributed by atoms with van der Waals surface area (Å²) in [5, 5.41) is 0. The lowest BCUT2D eigenvalue weighted by atomic mass is 10.0. The molecule has 0 aliphatic carbocycles. The summed E-state index contributed by atoms with van der Waals surface area (Å²) in [7, 11) is 0. The third-order valence-corrected chi connectivity index (χ3v) is 1.75. The topological polar surface area (TPSA) is 0 Å². The first-order chi connectivity index (χ1) is 6.06. The van der Waals surface area contributed by atoms with E-state index in [0.29, 0.717) is 11.5 Å². The summed E-state index contributed by atoms with van der Waals surface area (Å²) in [6.45, 7) is 5.08. The van der Waals surface area contributed by atoms with E-state index in [0.717, 1.165) is 12.1 Å². The van der Waals surface area contributed by atoms with E-state index in [1.165, 1.54) is 6.08 Å². The Hall–Kier alpha value is -1.25. The first-order valence-electron chi connectivity index (χ1n) is 3.67. The first-order valence-corrected chi connectivity index (χ1v) is 3.67. The van der Waals surface area contributed by atoms with E-state index >= 15 is 0 Å². The fourth-order valence-corrected chi connectivity index (χ4v) is 0.901. The molecule has 0 aliphatic heterocycles. The molecule has 0 saturated heterocycles. The molecule has 0 fully saturated rings. The summed E-state index contributed by atoms with van der Waals surface area (Å²) in [4.78, 5) is 0. The molecule has 0 bridgehead atoms. The van der Waals surface area contributed by atoms with Crippen LogP contribution in [0.25, 0.3) is 0 Å². The van der Waals surface area contributed by atoms with Crippen molar-refractivity contribution in [3.8, 4) is 0 Å². The summed E-state index contributed by atoms with van der Waals surface area (Å²) in [5.74, 6) is -3.22. The predicted octanol–water partition coefficient (Wildman–Crippen LogP) is 3.23. The molecule has 0 unspecified atom stereocenters.